The Kier molecular flexibility index (Phi) is 5.91. The van der Waals surface area contributed by atoms with E-state index in [1.807, 2.05) is 32.2 Å². The standard InChI is InChI=1S/C27H27N3O2/c1-4-20(27(31)32)13-18-6-8-21(17(3)12-18)9-7-19-14-23-22-10-5-16(2)11-24(22)30-26(28)25(23)29-15-19/h5-6,8,10-15H,4,7,9H2,1-3H3,(H2,28,30)(H,31,32). The summed E-state index contributed by atoms with van der Waals surface area (Å²) in [5, 5.41) is 11.3. The summed E-state index contributed by atoms with van der Waals surface area (Å²) >= 11 is 0. The van der Waals surface area contributed by atoms with E-state index in [0.29, 0.717) is 17.8 Å². The van der Waals surface area contributed by atoms with Crippen LogP contribution < -0.4 is 5.73 Å². The predicted octanol–water partition coefficient (Wildman–Crippen LogP) is 5.65. The van der Waals surface area contributed by atoms with Crippen LogP contribution in [0.25, 0.3) is 27.9 Å². The fraction of sp³-hybridized carbons (Fsp3) is 0.222. The SMILES string of the molecule is CCC(=Cc1ccc(CCc2cnc3c(N)nc4cc(C)ccc4c3c2)c(C)c1)C(=O)O. The summed E-state index contributed by atoms with van der Waals surface area (Å²) in [5.41, 5.74) is 13.8. The Hall–Kier alpha value is -3.73. The number of fused-ring (bicyclic) bond motifs is 3. The maximum absolute atomic E-state index is 11.3. The number of aromatic nitrogens is 2. The lowest BCUT2D eigenvalue weighted by Gasteiger charge is -2.10. The monoisotopic (exact) mass is 425 g/mol. The molecule has 162 valence electrons. The molecule has 5 heteroatoms. The number of anilines is 1. The van der Waals surface area contributed by atoms with Gasteiger partial charge in [0.05, 0.1) is 5.52 Å². The summed E-state index contributed by atoms with van der Waals surface area (Å²) in [4.78, 5) is 20.4. The molecular weight excluding hydrogens is 398 g/mol. The largest absolute Gasteiger partial charge is 0.478 e. The van der Waals surface area contributed by atoms with Crippen molar-refractivity contribution >= 4 is 39.7 Å². The Morgan fingerprint density at radius 2 is 1.88 bits per heavy atom. The molecule has 0 saturated carbocycles. The molecule has 0 atom stereocenters. The lowest BCUT2D eigenvalue weighted by Crippen LogP contribution is -2.00. The molecule has 0 bridgehead atoms. The highest BCUT2D eigenvalue weighted by atomic mass is 16.4. The van der Waals surface area contributed by atoms with Crippen LogP contribution in [-0.2, 0) is 17.6 Å². The first-order valence-electron chi connectivity index (χ1n) is 10.8. The molecule has 32 heavy (non-hydrogen) atoms. The van der Waals surface area contributed by atoms with Gasteiger partial charge in [0.15, 0.2) is 5.82 Å². The van der Waals surface area contributed by atoms with E-state index in [-0.39, 0.29) is 0 Å². The van der Waals surface area contributed by atoms with Crippen LogP contribution >= 0.6 is 0 Å². The van der Waals surface area contributed by atoms with Gasteiger partial charge in [-0.25, -0.2) is 9.78 Å². The van der Waals surface area contributed by atoms with Crippen molar-refractivity contribution in [2.45, 2.75) is 40.0 Å². The molecule has 4 aromatic rings. The normalized spacial score (nSPS) is 11.9. The van der Waals surface area contributed by atoms with Crippen LogP contribution in [0.1, 0.15) is 41.2 Å². The summed E-state index contributed by atoms with van der Waals surface area (Å²) in [6.45, 7) is 5.97. The average Bonchev–Trinajstić information content (AvgIpc) is 2.76. The smallest absolute Gasteiger partial charge is 0.331 e. The number of hydrogen-bond acceptors (Lipinski definition) is 4. The first kappa shape index (κ1) is 21.5. The molecule has 2 aromatic heterocycles. The maximum atomic E-state index is 11.3. The van der Waals surface area contributed by atoms with Crippen LogP contribution in [0.2, 0.25) is 0 Å². The highest BCUT2D eigenvalue weighted by molar-refractivity contribution is 6.08. The zero-order valence-electron chi connectivity index (χ0n) is 18.6. The van der Waals surface area contributed by atoms with Gasteiger partial charge in [0, 0.05) is 22.5 Å². The van der Waals surface area contributed by atoms with Crippen LogP contribution in [0.5, 0.6) is 0 Å². The molecule has 3 N–H and O–H groups in total. The number of rotatable bonds is 6. The fourth-order valence-corrected chi connectivity index (χ4v) is 4.08. The Labute approximate surface area is 187 Å². The number of nitrogens with zero attached hydrogens (tertiary/aromatic N) is 2. The van der Waals surface area contributed by atoms with Crippen molar-refractivity contribution in [2.24, 2.45) is 0 Å². The summed E-state index contributed by atoms with van der Waals surface area (Å²) in [7, 11) is 0. The molecule has 0 aliphatic heterocycles. The Bertz CT molecular complexity index is 1370. The van der Waals surface area contributed by atoms with Crippen molar-refractivity contribution in [3.63, 3.8) is 0 Å². The number of pyridine rings is 2. The van der Waals surface area contributed by atoms with E-state index in [4.69, 9.17) is 5.73 Å². The first-order valence-corrected chi connectivity index (χ1v) is 10.8. The maximum Gasteiger partial charge on any atom is 0.331 e. The third-order valence-corrected chi connectivity index (χ3v) is 5.92. The minimum atomic E-state index is -0.864. The molecule has 5 nitrogen and oxygen atoms in total. The second kappa shape index (κ2) is 8.79. The molecule has 0 unspecified atom stereocenters. The van der Waals surface area contributed by atoms with Crippen molar-refractivity contribution < 1.29 is 9.90 Å². The Morgan fingerprint density at radius 1 is 1.06 bits per heavy atom. The topological polar surface area (TPSA) is 89.1 Å². The third-order valence-electron chi connectivity index (χ3n) is 5.92. The number of aryl methyl sites for hydroxylation is 4. The van der Waals surface area contributed by atoms with E-state index in [9.17, 15) is 9.90 Å². The second-order valence-electron chi connectivity index (χ2n) is 8.27. The van der Waals surface area contributed by atoms with Crippen molar-refractivity contribution in [3.8, 4) is 0 Å². The molecule has 0 fully saturated rings. The predicted molar refractivity (Wildman–Crippen MR) is 131 cm³/mol. The lowest BCUT2D eigenvalue weighted by atomic mass is 9.97. The molecule has 0 saturated heterocycles. The molecule has 0 amide bonds. The average molecular weight is 426 g/mol. The molecule has 0 spiro atoms. The van der Waals surface area contributed by atoms with Gasteiger partial charge >= 0.3 is 5.97 Å². The van der Waals surface area contributed by atoms with E-state index < -0.39 is 5.97 Å². The van der Waals surface area contributed by atoms with Gasteiger partial charge in [0.25, 0.3) is 0 Å². The van der Waals surface area contributed by atoms with Crippen molar-refractivity contribution in [1.29, 1.82) is 0 Å². The minimum Gasteiger partial charge on any atom is -0.478 e. The lowest BCUT2D eigenvalue weighted by molar-refractivity contribution is -0.132. The van der Waals surface area contributed by atoms with Crippen LogP contribution in [0.3, 0.4) is 0 Å². The molecule has 4 rings (SSSR count). The van der Waals surface area contributed by atoms with Crippen molar-refractivity contribution in [1.82, 2.24) is 9.97 Å². The van der Waals surface area contributed by atoms with Crippen LogP contribution in [0.4, 0.5) is 5.82 Å². The van der Waals surface area contributed by atoms with Gasteiger partial charge in [0.2, 0.25) is 0 Å². The fourth-order valence-electron chi connectivity index (χ4n) is 4.08. The molecule has 0 aliphatic rings. The van der Waals surface area contributed by atoms with E-state index in [0.717, 1.165) is 56.9 Å². The van der Waals surface area contributed by atoms with Crippen molar-refractivity contribution in [3.05, 3.63) is 82.1 Å². The molecule has 2 aromatic carbocycles. The first-order chi connectivity index (χ1) is 15.4. The van der Waals surface area contributed by atoms with Gasteiger partial charge in [0.1, 0.15) is 5.52 Å². The number of hydrogen-bond donors (Lipinski definition) is 2. The minimum absolute atomic E-state index is 0.413. The van der Waals surface area contributed by atoms with Gasteiger partial charge in [-0.05, 0) is 79.1 Å². The Morgan fingerprint density at radius 3 is 2.59 bits per heavy atom. The second-order valence-corrected chi connectivity index (χ2v) is 8.27. The van der Waals surface area contributed by atoms with Gasteiger partial charge in [-0.1, -0.05) is 37.3 Å². The molecular formula is C27H27N3O2. The molecule has 0 radical (unpaired) electrons. The number of carboxylic acids is 1. The highest BCUT2D eigenvalue weighted by Crippen LogP contribution is 2.28. The zero-order valence-corrected chi connectivity index (χ0v) is 18.6. The number of benzene rings is 2. The van der Waals surface area contributed by atoms with E-state index >= 15 is 0 Å². The number of nitrogen functional groups attached to an aromatic ring is 1. The van der Waals surface area contributed by atoms with Crippen LogP contribution in [0, 0.1) is 13.8 Å². The van der Waals surface area contributed by atoms with E-state index in [2.05, 4.69) is 47.2 Å². The summed E-state index contributed by atoms with van der Waals surface area (Å²) in [6, 6.07) is 14.5. The van der Waals surface area contributed by atoms with E-state index in [1.54, 1.807) is 6.08 Å². The summed E-state index contributed by atoms with van der Waals surface area (Å²) in [6.07, 6.45) is 5.86. The van der Waals surface area contributed by atoms with E-state index in [1.165, 1.54) is 5.56 Å². The van der Waals surface area contributed by atoms with Crippen molar-refractivity contribution in [2.75, 3.05) is 5.73 Å². The number of carboxylic acid groups (broad SMARTS) is 1. The Balaban J connectivity index is 1.60. The number of aliphatic carboxylic acids is 1. The van der Waals surface area contributed by atoms with Gasteiger partial charge in [-0.3, -0.25) is 4.98 Å². The molecule has 2 heterocycles. The van der Waals surface area contributed by atoms with Crippen LogP contribution in [-0.4, -0.2) is 21.0 Å². The quantitative estimate of drug-likeness (QED) is 0.308. The van der Waals surface area contributed by atoms with Gasteiger partial charge < -0.3 is 10.8 Å². The van der Waals surface area contributed by atoms with Gasteiger partial charge in [-0.15, -0.1) is 0 Å². The molecule has 0 aliphatic carbocycles. The highest BCUT2D eigenvalue weighted by Gasteiger charge is 2.10. The number of carbonyl (C=O) groups is 1. The van der Waals surface area contributed by atoms with Gasteiger partial charge in [-0.2, -0.15) is 0 Å². The number of nitrogens with two attached hydrogens (primary N) is 1. The zero-order chi connectivity index (χ0) is 22.8. The summed E-state index contributed by atoms with van der Waals surface area (Å²) < 4.78 is 0. The summed E-state index contributed by atoms with van der Waals surface area (Å²) in [5.74, 6) is -0.409. The van der Waals surface area contributed by atoms with Crippen LogP contribution in [0.15, 0.2) is 54.2 Å². The third kappa shape index (κ3) is 4.33.